The van der Waals surface area contributed by atoms with Crippen molar-refractivity contribution < 1.29 is 8.78 Å². The van der Waals surface area contributed by atoms with Gasteiger partial charge in [0, 0.05) is 18.7 Å². The zero-order valence-corrected chi connectivity index (χ0v) is 7.77. The van der Waals surface area contributed by atoms with Crippen LogP contribution in [0.2, 0.25) is 0 Å². The van der Waals surface area contributed by atoms with Gasteiger partial charge in [-0.1, -0.05) is 13.8 Å². The minimum Gasteiger partial charge on any atom is -0.310 e. The molecule has 1 aromatic carbocycles. The highest BCUT2D eigenvalue weighted by Crippen LogP contribution is 2.07. The fraction of sp³-hybridized carbons (Fsp3) is 0.400. The summed E-state index contributed by atoms with van der Waals surface area (Å²) in [5.41, 5.74) is 0.631. The van der Waals surface area contributed by atoms with Crippen LogP contribution in [0.3, 0.4) is 0 Å². The molecule has 0 bridgehead atoms. The predicted molar refractivity (Wildman–Crippen MR) is 48.3 cm³/mol. The lowest BCUT2D eigenvalue weighted by atomic mass is 10.2. The van der Waals surface area contributed by atoms with E-state index in [1.165, 1.54) is 12.1 Å². The van der Waals surface area contributed by atoms with Crippen LogP contribution in [0.4, 0.5) is 8.78 Å². The summed E-state index contributed by atoms with van der Waals surface area (Å²) in [6.45, 7) is 4.46. The van der Waals surface area contributed by atoms with Crippen LogP contribution in [-0.4, -0.2) is 6.04 Å². The Morgan fingerprint density at radius 1 is 1.15 bits per heavy atom. The molecule has 0 unspecified atom stereocenters. The summed E-state index contributed by atoms with van der Waals surface area (Å²) in [6.07, 6.45) is 0. The van der Waals surface area contributed by atoms with Gasteiger partial charge in [-0.15, -0.1) is 0 Å². The average molecular weight is 185 g/mol. The fourth-order valence-electron chi connectivity index (χ4n) is 1.03. The van der Waals surface area contributed by atoms with E-state index >= 15 is 0 Å². The first-order valence-corrected chi connectivity index (χ1v) is 4.26. The second-order valence-corrected chi connectivity index (χ2v) is 3.31. The van der Waals surface area contributed by atoms with Crippen molar-refractivity contribution in [2.45, 2.75) is 26.4 Å². The zero-order valence-electron chi connectivity index (χ0n) is 7.77. The lowest BCUT2D eigenvalue weighted by Gasteiger charge is -2.07. The average Bonchev–Trinajstić information content (AvgIpc) is 1.99. The molecule has 0 aromatic heterocycles. The SMILES string of the molecule is CC(C)NCc1cc(F)cc(F)c1. The molecule has 0 aliphatic heterocycles. The van der Waals surface area contributed by atoms with Crippen LogP contribution in [0, 0.1) is 11.6 Å². The van der Waals surface area contributed by atoms with Gasteiger partial charge in [-0.3, -0.25) is 0 Å². The molecule has 1 N–H and O–H groups in total. The van der Waals surface area contributed by atoms with Gasteiger partial charge in [0.25, 0.3) is 0 Å². The van der Waals surface area contributed by atoms with Crippen LogP contribution >= 0.6 is 0 Å². The van der Waals surface area contributed by atoms with Crippen molar-refractivity contribution in [2.24, 2.45) is 0 Å². The number of nitrogens with one attached hydrogen (secondary N) is 1. The summed E-state index contributed by atoms with van der Waals surface area (Å²) in [4.78, 5) is 0. The molecule has 0 atom stereocenters. The quantitative estimate of drug-likeness (QED) is 0.762. The second-order valence-electron chi connectivity index (χ2n) is 3.31. The van der Waals surface area contributed by atoms with E-state index in [0.717, 1.165) is 6.07 Å². The molecule has 0 fully saturated rings. The van der Waals surface area contributed by atoms with Crippen molar-refractivity contribution in [3.05, 3.63) is 35.4 Å². The van der Waals surface area contributed by atoms with Crippen LogP contribution in [0.25, 0.3) is 0 Å². The third kappa shape index (κ3) is 3.51. The van der Waals surface area contributed by atoms with Crippen molar-refractivity contribution >= 4 is 0 Å². The smallest absolute Gasteiger partial charge is 0.126 e. The molecular formula is C10H13F2N. The first-order chi connectivity index (χ1) is 6.08. The number of benzene rings is 1. The fourth-order valence-corrected chi connectivity index (χ4v) is 1.03. The first kappa shape index (κ1) is 10.1. The summed E-state index contributed by atoms with van der Waals surface area (Å²) in [6, 6.07) is 3.85. The van der Waals surface area contributed by atoms with E-state index in [-0.39, 0.29) is 0 Å². The van der Waals surface area contributed by atoms with Crippen molar-refractivity contribution in [3.8, 4) is 0 Å². The minimum atomic E-state index is -0.527. The van der Waals surface area contributed by atoms with Gasteiger partial charge in [-0.05, 0) is 17.7 Å². The van der Waals surface area contributed by atoms with Crippen molar-refractivity contribution in [2.75, 3.05) is 0 Å². The molecule has 0 aliphatic carbocycles. The van der Waals surface area contributed by atoms with E-state index in [2.05, 4.69) is 5.32 Å². The van der Waals surface area contributed by atoms with Gasteiger partial charge < -0.3 is 5.32 Å². The molecule has 0 saturated carbocycles. The Kier molecular flexibility index (Phi) is 3.37. The molecule has 3 heteroatoms. The summed E-state index contributed by atoms with van der Waals surface area (Å²) in [7, 11) is 0. The van der Waals surface area contributed by atoms with Crippen molar-refractivity contribution in [1.82, 2.24) is 5.32 Å². The molecule has 1 nitrogen and oxygen atoms in total. The molecule has 0 spiro atoms. The van der Waals surface area contributed by atoms with Crippen LogP contribution in [-0.2, 0) is 6.54 Å². The number of rotatable bonds is 3. The van der Waals surface area contributed by atoms with Crippen molar-refractivity contribution in [3.63, 3.8) is 0 Å². The van der Waals surface area contributed by atoms with E-state index in [1.54, 1.807) is 0 Å². The first-order valence-electron chi connectivity index (χ1n) is 4.26. The topological polar surface area (TPSA) is 12.0 Å². The van der Waals surface area contributed by atoms with Crippen LogP contribution < -0.4 is 5.32 Å². The van der Waals surface area contributed by atoms with E-state index in [9.17, 15) is 8.78 Å². The van der Waals surface area contributed by atoms with Crippen LogP contribution in [0.1, 0.15) is 19.4 Å². The standard InChI is InChI=1S/C10H13F2N/c1-7(2)13-6-8-3-9(11)5-10(12)4-8/h3-5,7,13H,6H2,1-2H3. The van der Waals surface area contributed by atoms with Crippen molar-refractivity contribution in [1.29, 1.82) is 0 Å². The number of hydrogen-bond acceptors (Lipinski definition) is 1. The van der Waals surface area contributed by atoms with Gasteiger partial charge in [-0.25, -0.2) is 8.78 Å². The molecule has 72 valence electrons. The van der Waals surface area contributed by atoms with Crippen LogP contribution in [0.15, 0.2) is 18.2 Å². The Morgan fingerprint density at radius 3 is 2.15 bits per heavy atom. The molecular weight excluding hydrogens is 172 g/mol. The Hall–Kier alpha value is -0.960. The molecule has 1 rings (SSSR count). The second kappa shape index (κ2) is 4.33. The van der Waals surface area contributed by atoms with Gasteiger partial charge in [-0.2, -0.15) is 0 Å². The Morgan fingerprint density at radius 2 is 1.69 bits per heavy atom. The van der Waals surface area contributed by atoms with Gasteiger partial charge in [0.2, 0.25) is 0 Å². The lowest BCUT2D eigenvalue weighted by Crippen LogP contribution is -2.21. The Balaban J connectivity index is 2.66. The molecule has 13 heavy (non-hydrogen) atoms. The van der Waals surface area contributed by atoms with Crippen LogP contribution in [0.5, 0.6) is 0 Å². The molecule has 0 heterocycles. The summed E-state index contributed by atoms with van der Waals surface area (Å²) in [5, 5.41) is 3.08. The van der Waals surface area contributed by atoms with E-state index in [0.29, 0.717) is 18.2 Å². The largest absolute Gasteiger partial charge is 0.310 e. The lowest BCUT2D eigenvalue weighted by molar-refractivity contribution is 0.560. The predicted octanol–water partition coefficient (Wildman–Crippen LogP) is 2.46. The van der Waals surface area contributed by atoms with E-state index < -0.39 is 11.6 Å². The zero-order chi connectivity index (χ0) is 9.84. The van der Waals surface area contributed by atoms with E-state index in [4.69, 9.17) is 0 Å². The monoisotopic (exact) mass is 185 g/mol. The Labute approximate surface area is 76.8 Å². The van der Waals surface area contributed by atoms with Gasteiger partial charge in [0.05, 0.1) is 0 Å². The summed E-state index contributed by atoms with van der Waals surface area (Å²) < 4.78 is 25.4. The minimum absolute atomic E-state index is 0.311. The highest BCUT2D eigenvalue weighted by atomic mass is 19.1. The normalized spacial score (nSPS) is 10.8. The molecule has 0 aliphatic rings. The number of hydrogen-bond donors (Lipinski definition) is 1. The number of halogens is 2. The van der Waals surface area contributed by atoms with Gasteiger partial charge in [0.1, 0.15) is 11.6 Å². The maximum Gasteiger partial charge on any atom is 0.126 e. The molecule has 0 radical (unpaired) electrons. The summed E-state index contributed by atoms with van der Waals surface area (Å²) in [5.74, 6) is -1.05. The Bertz CT molecular complexity index is 264. The molecule has 0 saturated heterocycles. The maximum atomic E-state index is 12.7. The third-order valence-electron chi connectivity index (χ3n) is 1.64. The molecule has 0 amide bonds. The molecule has 1 aromatic rings. The summed E-state index contributed by atoms with van der Waals surface area (Å²) >= 11 is 0. The maximum absolute atomic E-state index is 12.7. The van der Waals surface area contributed by atoms with Gasteiger partial charge >= 0.3 is 0 Å². The van der Waals surface area contributed by atoms with Gasteiger partial charge in [0.15, 0.2) is 0 Å². The highest BCUT2D eigenvalue weighted by Gasteiger charge is 2.00. The van der Waals surface area contributed by atoms with E-state index in [1.807, 2.05) is 13.8 Å². The highest BCUT2D eigenvalue weighted by molar-refractivity contribution is 5.17. The third-order valence-corrected chi connectivity index (χ3v) is 1.64.